The maximum Gasteiger partial charge on any atom is 0.278 e. The predicted molar refractivity (Wildman–Crippen MR) is 128 cm³/mol. The molecular weight excluding hydrogens is 420 g/mol. The number of rotatable bonds is 5. The summed E-state index contributed by atoms with van der Waals surface area (Å²) >= 11 is 6.06. The summed E-state index contributed by atoms with van der Waals surface area (Å²) < 4.78 is 0. The van der Waals surface area contributed by atoms with E-state index in [1.165, 1.54) is 4.90 Å². The normalized spacial score (nSPS) is 13.8. The predicted octanol–water partition coefficient (Wildman–Crippen LogP) is 5.89. The highest BCUT2D eigenvalue weighted by Crippen LogP contribution is 2.33. The zero-order valence-corrected chi connectivity index (χ0v) is 17.8. The van der Waals surface area contributed by atoms with Crippen molar-refractivity contribution in [3.05, 3.63) is 119 Å². The van der Waals surface area contributed by atoms with E-state index in [0.717, 1.165) is 22.0 Å². The summed E-state index contributed by atoms with van der Waals surface area (Å²) in [5.41, 5.74) is 2.91. The molecule has 5 rings (SSSR count). The number of hydrogen-bond donors (Lipinski definition) is 1. The second-order valence-corrected chi connectivity index (χ2v) is 8.03. The van der Waals surface area contributed by atoms with Gasteiger partial charge in [-0.15, -0.1) is 0 Å². The SMILES string of the molecule is O=C1C(Nc2cccc3ccccc23)=C(c2ccc(Cl)cc2)C(=O)N1Cc1ccccc1. The Morgan fingerprint density at radius 3 is 2.19 bits per heavy atom. The molecule has 32 heavy (non-hydrogen) atoms. The summed E-state index contributed by atoms with van der Waals surface area (Å²) in [5.74, 6) is -0.680. The van der Waals surface area contributed by atoms with E-state index < -0.39 is 0 Å². The van der Waals surface area contributed by atoms with E-state index in [0.29, 0.717) is 16.2 Å². The van der Waals surface area contributed by atoms with Crippen LogP contribution in [0, 0.1) is 0 Å². The summed E-state index contributed by atoms with van der Waals surface area (Å²) in [5, 5.41) is 5.86. The summed E-state index contributed by atoms with van der Waals surface area (Å²) in [6.45, 7) is 0.205. The van der Waals surface area contributed by atoms with E-state index in [1.54, 1.807) is 24.3 Å². The van der Waals surface area contributed by atoms with Crippen molar-refractivity contribution < 1.29 is 9.59 Å². The molecule has 0 spiro atoms. The number of nitrogens with one attached hydrogen (secondary N) is 1. The molecule has 1 N–H and O–H groups in total. The maximum atomic E-state index is 13.5. The number of imide groups is 1. The lowest BCUT2D eigenvalue weighted by molar-refractivity contribution is -0.137. The van der Waals surface area contributed by atoms with Crippen LogP contribution in [0.5, 0.6) is 0 Å². The minimum atomic E-state index is -0.350. The second-order valence-electron chi connectivity index (χ2n) is 7.59. The summed E-state index contributed by atoms with van der Waals surface area (Å²) in [6, 6.07) is 30.2. The Balaban J connectivity index is 1.60. The second kappa shape index (κ2) is 8.33. The molecule has 1 aliphatic heterocycles. The molecule has 1 heterocycles. The van der Waals surface area contributed by atoms with Crippen LogP contribution < -0.4 is 5.32 Å². The topological polar surface area (TPSA) is 49.4 Å². The number of carbonyl (C=O) groups excluding carboxylic acids is 2. The van der Waals surface area contributed by atoms with Gasteiger partial charge in [0.25, 0.3) is 11.8 Å². The maximum absolute atomic E-state index is 13.5. The number of amides is 2. The van der Waals surface area contributed by atoms with Crippen LogP contribution in [0.15, 0.2) is 103 Å². The van der Waals surface area contributed by atoms with Crippen molar-refractivity contribution in [3.63, 3.8) is 0 Å². The molecule has 0 fully saturated rings. The van der Waals surface area contributed by atoms with Crippen LogP contribution in [0.1, 0.15) is 11.1 Å². The highest BCUT2D eigenvalue weighted by molar-refractivity contribution is 6.37. The van der Waals surface area contributed by atoms with Crippen LogP contribution in [0.25, 0.3) is 16.3 Å². The molecule has 0 saturated heterocycles. The third kappa shape index (κ3) is 3.66. The minimum Gasteiger partial charge on any atom is -0.350 e. The standard InChI is InChI=1S/C27H19ClN2O2/c28-21-15-13-20(14-16-21)24-25(29-23-12-6-10-19-9-4-5-11-22(19)23)27(32)30(26(24)31)17-18-7-2-1-3-8-18/h1-16,29H,17H2. The smallest absolute Gasteiger partial charge is 0.278 e. The van der Waals surface area contributed by atoms with Gasteiger partial charge in [-0.1, -0.05) is 90.5 Å². The minimum absolute atomic E-state index is 0.205. The van der Waals surface area contributed by atoms with Gasteiger partial charge in [0, 0.05) is 16.1 Å². The Bertz CT molecular complexity index is 1360. The Kier molecular flexibility index (Phi) is 5.21. The van der Waals surface area contributed by atoms with Gasteiger partial charge in [-0.05, 0) is 34.7 Å². The lowest BCUT2D eigenvalue weighted by Gasteiger charge is -2.15. The first-order valence-electron chi connectivity index (χ1n) is 10.3. The van der Waals surface area contributed by atoms with Gasteiger partial charge in [0.05, 0.1) is 12.1 Å². The fraction of sp³-hybridized carbons (Fsp3) is 0.0370. The first-order chi connectivity index (χ1) is 15.6. The third-order valence-electron chi connectivity index (χ3n) is 5.53. The van der Waals surface area contributed by atoms with E-state index in [9.17, 15) is 9.59 Å². The molecule has 0 bridgehead atoms. The summed E-state index contributed by atoms with van der Waals surface area (Å²) in [4.78, 5) is 28.2. The first kappa shape index (κ1) is 20.0. The van der Waals surface area contributed by atoms with Crippen molar-refractivity contribution in [2.75, 3.05) is 5.32 Å². The van der Waals surface area contributed by atoms with Crippen molar-refractivity contribution in [2.45, 2.75) is 6.54 Å². The number of benzene rings is 4. The number of fused-ring (bicyclic) bond motifs is 1. The molecule has 156 valence electrons. The molecule has 4 nitrogen and oxygen atoms in total. The third-order valence-corrected chi connectivity index (χ3v) is 5.79. The van der Waals surface area contributed by atoms with Gasteiger partial charge in [0.2, 0.25) is 0 Å². The van der Waals surface area contributed by atoms with Gasteiger partial charge in [-0.25, -0.2) is 0 Å². The molecule has 0 atom stereocenters. The molecule has 1 aliphatic rings. The quantitative estimate of drug-likeness (QED) is 0.395. The average Bonchev–Trinajstić information content (AvgIpc) is 3.05. The lowest BCUT2D eigenvalue weighted by Crippen LogP contribution is -2.32. The van der Waals surface area contributed by atoms with Gasteiger partial charge in [-0.3, -0.25) is 14.5 Å². The molecule has 2 amide bonds. The number of halogens is 1. The molecule has 0 unspecified atom stereocenters. The number of nitrogens with zero attached hydrogens (tertiary/aromatic N) is 1. The van der Waals surface area contributed by atoms with E-state index in [4.69, 9.17) is 11.6 Å². The Labute approximate surface area is 190 Å². The van der Waals surface area contributed by atoms with Crippen LogP contribution in [0.2, 0.25) is 5.02 Å². The zero-order valence-electron chi connectivity index (χ0n) is 17.1. The Hall–Kier alpha value is -3.89. The zero-order chi connectivity index (χ0) is 22.1. The van der Waals surface area contributed by atoms with Crippen molar-refractivity contribution in [1.29, 1.82) is 0 Å². The van der Waals surface area contributed by atoms with Crippen LogP contribution in [0.3, 0.4) is 0 Å². The van der Waals surface area contributed by atoms with Gasteiger partial charge in [0.1, 0.15) is 5.70 Å². The molecule has 4 aromatic carbocycles. The van der Waals surface area contributed by atoms with E-state index in [1.807, 2.05) is 72.8 Å². The van der Waals surface area contributed by atoms with Crippen LogP contribution >= 0.6 is 11.6 Å². The fourth-order valence-electron chi connectivity index (χ4n) is 3.96. The highest BCUT2D eigenvalue weighted by Gasteiger charge is 2.39. The molecule has 0 aromatic heterocycles. The first-order valence-corrected chi connectivity index (χ1v) is 10.6. The van der Waals surface area contributed by atoms with Gasteiger partial charge < -0.3 is 5.32 Å². The molecule has 4 aromatic rings. The van der Waals surface area contributed by atoms with Gasteiger partial charge >= 0.3 is 0 Å². The van der Waals surface area contributed by atoms with Crippen molar-refractivity contribution in [1.82, 2.24) is 4.90 Å². The molecule has 0 radical (unpaired) electrons. The van der Waals surface area contributed by atoms with Gasteiger partial charge in [-0.2, -0.15) is 0 Å². The Morgan fingerprint density at radius 1 is 0.719 bits per heavy atom. The average molecular weight is 439 g/mol. The van der Waals surface area contributed by atoms with E-state index >= 15 is 0 Å². The molecular formula is C27H19ClN2O2. The highest BCUT2D eigenvalue weighted by atomic mass is 35.5. The fourth-order valence-corrected chi connectivity index (χ4v) is 4.08. The van der Waals surface area contributed by atoms with Crippen molar-refractivity contribution in [2.24, 2.45) is 0 Å². The molecule has 0 aliphatic carbocycles. The Morgan fingerprint density at radius 2 is 1.41 bits per heavy atom. The van der Waals surface area contributed by atoms with Crippen molar-refractivity contribution in [3.8, 4) is 0 Å². The van der Waals surface area contributed by atoms with E-state index in [2.05, 4.69) is 5.32 Å². The molecule has 0 saturated carbocycles. The number of carbonyl (C=O) groups is 2. The largest absolute Gasteiger partial charge is 0.350 e. The summed E-state index contributed by atoms with van der Waals surface area (Å²) in [7, 11) is 0. The van der Waals surface area contributed by atoms with Crippen LogP contribution in [-0.2, 0) is 16.1 Å². The monoisotopic (exact) mass is 438 g/mol. The van der Waals surface area contributed by atoms with E-state index in [-0.39, 0.29) is 24.1 Å². The number of anilines is 1. The van der Waals surface area contributed by atoms with Crippen molar-refractivity contribution >= 4 is 45.4 Å². The van der Waals surface area contributed by atoms with Crippen LogP contribution in [0.4, 0.5) is 5.69 Å². The van der Waals surface area contributed by atoms with Crippen LogP contribution in [-0.4, -0.2) is 16.7 Å². The number of hydrogen-bond acceptors (Lipinski definition) is 3. The lowest BCUT2D eigenvalue weighted by atomic mass is 10.0. The van der Waals surface area contributed by atoms with Gasteiger partial charge in [0.15, 0.2) is 0 Å². The summed E-state index contributed by atoms with van der Waals surface area (Å²) in [6.07, 6.45) is 0. The molecule has 5 heteroatoms.